The Morgan fingerprint density at radius 2 is 1.77 bits per heavy atom. The second-order valence-corrected chi connectivity index (χ2v) is 6.56. The number of nitrogens with zero attached hydrogens (tertiary/aromatic N) is 1. The van der Waals surface area contributed by atoms with Crippen LogP contribution in [0.15, 0.2) is 24.3 Å². The molecule has 0 fully saturated rings. The molecule has 1 aromatic carbocycles. The first-order chi connectivity index (χ1) is 14.3. The van der Waals surface area contributed by atoms with Crippen molar-refractivity contribution in [3.05, 3.63) is 46.8 Å². The number of aromatic nitrogens is 1. The number of ketones is 1. The molecule has 0 unspecified atom stereocenters. The summed E-state index contributed by atoms with van der Waals surface area (Å²) in [5.41, 5.74) is 2.26. The third kappa shape index (κ3) is 5.40. The number of methoxy groups -OCH3 is 2. The summed E-state index contributed by atoms with van der Waals surface area (Å²) >= 11 is 0. The monoisotopic (exact) mass is 417 g/mol. The van der Waals surface area contributed by atoms with E-state index in [1.807, 2.05) is 18.4 Å². The predicted molar refractivity (Wildman–Crippen MR) is 109 cm³/mol. The average Bonchev–Trinajstić information content (AvgIpc) is 3.03. The molecule has 0 amide bonds. The fourth-order valence-corrected chi connectivity index (χ4v) is 3.10. The fraction of sp³-hybridized carbons (Fsp3) is 0.409. The lowest BCUT2D eigenvalue weighted by molar-refractivity contribution is -0.140. The molecule has 2 rings (SSSR count). The molecule has 162 valence electrons. The minimum atomic E-state index is -0.633. The van der Waals surface area contributed by atoms with E-state index in [4.69, 9.17) is 14.2 Å². The van der Waals surface area contributed by atoms with Gasteiger partial charge in [0.2, 0.25) is 5.78 Å². The third-order valence-corrected chi connectivity index (χ3v) is 4.67. The Morgan fingerprint density at radius 3 is 2.40 bits per heavy atom. The largest absolute Gasteiger partial charge is 0.493 e. The van der Waals surface area contributed by atoms with Crippen LogP contribution in [0.2, 0.25) is 0 Å². The number of rotatable bonds is 10. The van der Waals surface area contributed by atoms with Gasteiger partial charge < -0.3 is 23.5 Å². The molecule has 2 aromatic rings. The topological polar surface area (TPSA) is 93.1 Å². The molecule has 0 N–H and O–H groups in total. The van der Waals surface area contributed by atoms with Crippen molar-refractivity contribution in [1.29, 1.82) is 0 Å². The summed E-state index contributed by atoms with van der Waals surface area (Å²) < 4.78 is 22.4. The van der Waals surface area contributed by atoms with E-state index in [0.717, 1.165) is 5.69 Å². The Balaban J connectivity index is 2.06. The molecular weight excluding hydrogens is 390 g/mol. The number of carbonyl (C=O) groups excluding carboxylic acids is 3. The summed E-state index contributed by atoms with van der Waals surface area (Å²) in [5.74, 6) is -0.347. The molecule has 0 saturated carbocycles. The van der Waals surface area contributed by atoms with Crippen molar-refractivity contribution in [1.82, 2.24) is 4.57 Å². The van der Waals surface area contributed by atoms with Gasteiger partial charge in [-0.05, 0) is 45.0 Å². The zero-order valence-electron chi connectivity index (χ0n) is 17.9. The summed E-state index contributed by atoms with van der Waals surface area (Å²) in [6.45, 7) is 5.89. The Labute approximate surface area is 175 Å². The number of hydrogen-bond donors (Lipinski definition) is 0. The van der Waals surface area contributed by atoms with E-state index in [-0.39, 0.29) is 23.7 Å². The quantitative estimate of drug-likeness (QED) is 0.433. The molecule has 0 bridgehead atoms. The summed E-state index contributed by atoms with van der Waals surface area (Å²) in [6, 6.07) is 6.41. The number of benzene rings is 1. The molecule has 0 radical (unpaired) electrons. The normalized spacial score (nSPS) is 10.4. The maximum absolute atomic E-state index is 12.6. The van der Waals surface area contributed by atoms with Crippen LogP contribution in [-0.4, -0.2) is 49.7 Å². The van der Waals surface area contributed by atoms with E-state index in [1.54, 1.807) is 25.1 Å². The molecular formula is C22H27NO7. The lowest BCUT2D eigenvalue weighted by atomic mass is 10.1. The first-order valence-electron chi connectivity index (χ1n) is 9.57. The molecule has 8 nitrogen and oxygen atoms in total. The number of Topliss-reactive ketones (excluding diaryl/α,β-unsaturated/α-hetero) is 1. The Bertz CT molecular complexity index is 930. The minimum Gasteiger partial charge on any atom is -0.493 e. The van der Waals surface area contributed by atoms with Crippen LogP contribution in [0, 0.1) is 13.8 Å². The van der Waals surface area contributed by atoms with Crippen LogP contribution in [0.25, 0.3) is 0 Å². The van der Waals surface area contributed by atoms with Gasteiger partial charge in [-0.2, -0.15) is 0 Å². The van der Waals surface area contributed by atoms with E-state index in [2.05, 4.69) is 4.74 Å². The summed E-state index contributed by atoms with van der Waals surface area (Å²) in [4.78, 5) is 36.4. The highest BCUT2D eigenvalue weighted by atomic mass is 16.5. The van der Waals surface area contributed by atoms with Crippen molar-refractivity contribution < 1.29 is 33.3 Å². The number of esters is 2. The number of hydrogen-bond acceptors (Lipinski definition) is 7. The molecule has 0 atom stereocenters. The number of carbonyl (C=O) groups is 3. The van der Waals surface area contributed by atoms with Gasteiger partial charge in [-0.15, -0.1) is 0 Å². The Hall–Kier alpha value is -3.29. The number of aryl methyl sites for hydroxylation is 1. The average molecular weight is 417 g/mol. The molecule has 1 aromatic heterocycles. The van der Waals surface area contributed by atoms with Crippen LogP contribution in [-0.2, 0) is 20.8 Å². The summed E-state index contributed by atoms with van der Waals surface area (Å²) in [6.07, 6.45) is 0.203. The molecule has 8 heteroatoms. The second-order valence-electron chi connectivity index (χ2n) is 6.56. The van der Waals surface area contributed by atoms with Gasteiger partial charge >= 0.3 is 11.9 Å². The lowest BCUT2D eigenvalue weighted by Gasteiger charge is -2.11. The van der Waals surface area contributed by atoms with Gasteiger partial charge in [0.15, 0.2) is 18.1 Å². The first-order valence-corrected chi connectivity index (χ1v) is 9.57. The summed E-state index contributed by atoms with van der Waals surface area (Å²) in [7, 11) is 2.84. The van der Waals surface area contributed by atoms with Crippen LogP contribution >= 0.6 is 0 Å². The van der Waals surface area contributed by atoms with Crippen molar-refractivity contribution in [2.45, 2.75) is 33.7 Å². The van der Waals surface area contributed by atoms with Crippen LogP contribution in [0.3, 0.4) is 0 Å². The van der Waals surface area contributed by atoms with E-state index >= 15 is 0 Å². The van der Waals surface area contributed by atoms with E-state index < -0.39 is 12.6 Å². The third-order valence-electron chi connectivity index (χ3n) is 4.67. The molecule has 30 heavy (non-hydrogen) atoms. The summed E-state index contributed by atoms with van der Waals surface area (Å²) in [5, 5.41) is 0. The zero-order valence-corrected chi connectivity index (χ0v) is 17.9. The molecule has 1 heterocycles. The molecule has 0 saturated heterocycles. The van der Waals surface area contributed by atoms with Gasteiger partial charge in [0.1, 0.15) is 0 Å². The van der Waals surface area contributed by atoms with Crippen LogP contribution in [0.1, 0.15) is 45.4 Å². The van der Waals surface area contributed by atoms with Crippen molar-refractivity contribution in [3.63, 3.8) is 0 Å². The van der Waals surface area contributed by atoms with Gasteiger partial charge in [-0.1, -0.05) is 0 Å². The Kier molecular flexibility index (Phi) is 8.03. The minimum absolute atomic E-state index is 0.203. The van der Waals surface area contributed by atoms with Crippen molar-refractivity contribution >= 4 is 17.7 Å². The van der Waals surface area contributed by atoms with Gasteiger partial charge in [0, 0.05) is 23.5 Å². The van der Waals surface area contributed by atoms with Gasteiger partial charge in [-0.25, -0.2) is 4.79 Å². The number of ether oxygens (including phenoxy) is 4. The van der Waals surface area contributed by atoms with E-state index in [0.29, 0.717) is 35.9 Å². The van der Waals surface area contributed by atoms with Crippen molar-refractivity contribution in [3.8, 4) is 11.5 Å². The zero-order chi connectivity index (χ0) is 22.3. The van der Waals surface area contributed by atoms with E-state index in [9.17, 15) is 14.4 Å². The maximum atomic E-state index is 12.6. The highest BCUT2D eigenvalue weighted by Crippen LogP contribution is 2.28. The highest BCUT2D eigenvalue weighted by molar-refractivity contribution is 6.00. The lowest BCUT2D eigenvalue weighted by Crippen LogP contribution is -2.15. The smallest absolute Gasteiger partial charge is 0.338 e. The predicted octanol–water partition coefficient (Wildman–Crippen LogP) is 3.12. The van der Waals surface area contributed by atoms with Gasteiger partial charge in [-0.3, -0.25) is 9.59 Å². The van der Waals surface area contributed by atoms with Crippen LogP contribution in [0.5, 0.6) is 11.5 Å². The van der Waals surface area contributed by atoms with Crippen molar-refractivity contribution in [2.75, 3.05) is 27.4 Å². The molecule has 0 aliphatic rings. The molecule has 0 aliphatic carbocycles. The standard InChI is InChI=1S/C22H27NO7/c1-6-29-20-12-16(7-8-19(20)27-4)22(26)30-13-18(24)17-11-14(2)23(15(17)3)10-9-21(25)28-5/h7-8,11-12H,6,9-10,13H2,1-5H3. The molecule has 0 spiro atoms. The highest BCUT2D eigenvalue weighted by Gasteiger charge is 2.19. The Morgan fingerprint density at radius 1 is 1.03 bits per heavy atom. The second kappa shape index (κ2) is 10.5. The van der Waals surface area contributed by atoms with Gasteiger partial charge in [0.05, 0.1) is 32.8 Å². The molecule has 0 aliphatic heterocycles. The first kappa shape index (κ1) is 23.0. The van der Waals surface area contributed by atoms with Crippen molar-refractivity contribution in [2.24, 2.45) is 0 Å². The van der Waals surface area contributed by atoms with Gasteiger partial charge in [0.25, 0.3) is 0 Å². The van der Waals surface area contributed by atoms with Crippen LogP contribution < -0.4 is 9.47 Å². The van der Waals surface area contributed by atoms with E-state index in [1.165, 1.54) is 20.3 Å². The fourth-order valence-electron chi connectivity index (χ4n) is 3.10. The maximum Gasteiger partial charge on any atom is 0.338 e. The van der Waals surface area contributed by atoms with Crippen LogP contribution in [0.4, 0.5) is 0 Å². The SMILES string of the molecule is CCOc1cc(C(=O)OCC(=O)c2cc(C)n(CCC(=O)OC)c2C)ccc1OC.